The van der Waals surface area contributed by atoms with E-state index in [9.17, 15) is 14.9 Å². The zero-order valence-corrected chi connectivity index (χ0v) is 12.1. The number of nitrogens with one attached hydrogen (secondary N) is 1. The Hall–Kier alpha value is -3.29. The van der Waals surface area contributed by atoms with Crippen LogP contribution in [0.2, 0.25) is 0 Å². The Morgan fingerprint density at radius 3 is 2.78 bits per heavy atom. The Bertz CT molecular complexity index is 903. The average Bonchev–Trinajstić information content (AvgIpc) is 2.94. The molecule has 0 aliphatic rings. The first-order valence-electron chi connectivity index (χ1n) is 6.85. The minimum Gasteiger partial charge on any atom is -0.461 e. The number of aromatic amines is 1. The van der Waals surface area contributed by atoms with Gasteiger partial charge in [-0.3, -0.25) is 20.1 Å². The van der Waals surface area contributed by atoms with Crippen molar-refractivity contribution in [2.24, 2.45) is 0 Å². The van der Waals surface area contributed by atoms with Crippen molar-refractivity contribution in [3.8, 4) is 11.1 Å². The molecule has 0 aliphatic carbocycles. The van der Waals surface area contributed by atoms with Crippen molar-refractivity contribution in [2.75, 3.05) is 6.61 Å². The molecule has 0 unspecified atom stereocenters. The minimum absolute atomic E-state index is 0.157. The molecule has 116 valence electrons. The van der Waals surface area contributed by atoms with E-state index in [1.165, 1.54) is 12.3 Å². The van der Waals surface area contributed by atoms with E-state index in [-0.39, 0.29) is 18.0 Å². The second-order valence-electron chi connectivity index (χ2n) is 4.67. The first-order chi connectivity index (χ1) is 11.1. The molecular formula is C15H12N4O4. The Balaban J connectivity index is 2.34. The lowest BCUT2D eigenvalue weighted by Gasteiger charge is -2.05. The second-order valence-corrected chi connectivity index (χ2v) is 4.67. The monoisotopic (exact) mass is 312 g/mol. The number of pyridine rings is 2. The molecule has 0 aliphatic heterocycles. The van der Waals surface area contributed by atoms with Gasteiger partial charge < -0.3 is 9.72 Å². The summed E-state index contributed by atoms with van der Waals surface area (Å²) in [5, 5.41) is 11.9. The molecule has 1 N–H and O–H groups in total. The molecule has 0 amide bonds. The molecule has 8 nitrogen and oxygen atoms in total. The number of carbonyl (C=O) groups is 1. The van der Waals surface area contributed by atoms with Gasteiger partial charge >= 0.3 is 5.97 Å². The third-order valence-electron chi connectivity index (χ3n) is 3.35. The van der Waals surface area contributed by atoms with Gasteiger partial charge in [-0.25, -0.2) is 4.79 Å². The van der Waals surface area contributed by atoms with Gasteiger partial charge in [-0.05, 0) is 19.1 Å². The number of hydrogen-bond acceptors (Lipinski definition) is 6. The van der Waals surface area contributed by atoms with Gasteiger partial charge in [0, 0.05) is 23.3 Å². The quantitative estimate of drug-likeness (QED) is 0.450. The van der Waals surface area contributed by atoms with Crippen molar-refractivity contribution in [1.82, 2.24) is 15.0 Å². The number of hydrogen-bond donors (Lipinski definition) is 1. The summed E-state index contributed by atoms with van der Waals surface area (Å²) in [7, 11) is 0. The predicted molar refractivity (Wildman–Crippen MR) is 81.9 cm³/mol. The number of aromatic nitrogens is 3. The normalized spacial score (nSPS) is 10.7. The minimum atomic E-state index is -0.579. The van der Waals surface area contributed by atoms with Crippen LogP contribution in [0.15, 0.2) is 36.9 Å². The Morgan fingerprint density at radius 2 is 2.04 bits per heavy atom. The van der Waals surface area contributed by atoms with E-state index in [0.717, 1.165) is 6.20 Å². The Kier molecular flexibility index (Phi) is 3.71. The molecule has 23 heavy (non-hydrogen) atoms. The van der Waals surface area contributed by atoms with Gasteiger partial charge in [0.1, 0.15) is 11.9 Å². The smallest absolute Gasteiger partial charge is 0.355 e. The standard InChI is InChI=1S/C15H12N4O4/c1-2-23-15(20)14-13(9-3-5-16-7-11(9)18-14)10-4-6-17-8-12(10)19(21)22/h3-8,18H,2H2,1H3. The molecule has 3 aromatic rings. The van der Waals surface area contributed by atoms with E-state index in [0.29, 0.717) is 22.0 Å². The van der Waals surface area contributed by atoms with Crippen LogP contribution in [0, 0.1) is 10.1 Å². The highest BCUT2D eigenvalue weighted by Crippen LogP contribution is 2.37. The van der Waals surface area contributed by atoms with Crippen molar-refractivity contribution >= 4 is 22.6 Å². The highest BCUT2D eigenvalue weighted by Gasteiger charge is 2.25. The van der Waals surface area contributed by atoms with E-state index in [4.69, 9.17) is 4.74 Å². The number of ether oxygens (including phenoxy) is 1. The van der Waals surface area contributed by atoms with Crippen LogP contribution in [0.4, 0.5) is 5.69 Å². The summed E-state index contributed by atoms with van der Waals surface area (Å²) in [4.78, 5) is 33.7. The van der Waals surface area contributed by atoms with E-state index in [2.05, 4.69) is 15.0 Å². The van der Waals surface area contributed by atoms with Crippen LogP contribution < -0.4 is 0 Å². The molecule has 0 atom stereocenters. The first kappa shape index (κ1) is 14.6. The molecule has 8 heteroatoms. The summed E-state index contributed by atoms with van der Waals surface area (Å²) in [6.07, 6.45) is 5.71. The maximum absolute atomic E-state index is 12.2. The van der Waals surface area contributed by atoms with Gasteiger partial charge in [0.05, 0.1) is 28.8 Å². The van der Waals surface area contributed by atoms with Crippen LogP contribution in [0.25, 0.3) is 22.0 Å². The lowest BCUT2D eigenvalue weighted by atomic mass is 10.0. The highest BCUT2D eigenvalue weighted by molar-refractivity contribution is 6.09. The van der Waals surface area contributed by atoms with Crippen molar-refractivity contribution in [2.45, 2.75) is 6.92 Å². The fourth-order valence-corrected chi connectivity index (χ4v) is 2.42. The molecule has 0 bridgehead atoms. The molecule has 0 aromatic carbocycles. The van der Waals surface area contributed by atoms with E-state index >= 15 is 0 Å². The van der Waals surface area contributed by atoms with Crippen LogP contribution >= 0.6 is 0 Å². The number of nitrogens with zero attached hydrogens (tertiary/aromatic N) is 3. The predicted octanol–water partition coefficient (Wildman–Crippen LogP) is 2.71. The molecule has 0 saturated carbocycles. The van der Waals surface area contributed by atoms with Crippen molar-refractivity contribution in [1.29, 1.82) is 0 Å². The van der Waals surface area contributed by atoms with E-state index in [1.807, 2.05) is 0 Å². The fourth-order valence-electron chi connectivity index (χ4n) is 2.42. The number of nitro groups is 1. The Labute approximate surface area is 130 Å². The highest BCUT2D eigenvalue weighted by atomic mass is 16.6. The second kappa shape index (κ2) is 5.84. The van der Waals surface area contributed by atoms with Gasteiger partial charge in [0.25, 0.3) is 5.69 Å². The van der Waals surface area contributed by atoms with Gasteiger partial charge in [-0.1, -0.05) is 0 Å². The molecule has 0 fully saturated rings. The summed E-state index contributed by atoms with van der Waals surface area (Å²) in [6.45, 7) is 1.89. The van der Waals surface area contributed by atoms with Crippen molar-refractivity contribution < 1.29 is 14.5 Å². The maximum Gasteiger partial charge on any atom is 0.355 e. The topological polar surface area (TPSA) is 111 Å². The van der Waals surface area contributed by atoms with Crippen LogP contribution in [0.5, 0.6) is 0 Å². The van der Waals surface area contributed by atoms with Gasteiger partial charge in [-0.2, -0.15) is 0 Å². The third-order valence-corrected chi connectivity index (χ3v) is 3.35. The van der Waals surface area contributed by atoms with Gasteiger partial charge in [-0.15, -0.1) is 0 Å². The number of carbonyl (C=O) groups excluding carboxylic acids is 1. The fraction of sp³-hybridized carbons (Fsp3) is 0.133. The lowest BCUT2D eigenvalue weighted by molar-refractivity contribution is -0.384. The van der Waals surface area contributed by atoms with Crippen LogP contribution in [0.3, 0.4) is 0 Å². The Morgan fingerprint density at radius 1 is 1.30 bits per heavy atom. The van der Waals surface area contributed by atoms with Crippen molar-refractivity contribution in [3.05, 3.63) is 52.7 Å². The van der Waals surface area contributed by atoms with E-state index in [1.54, 1.807) is 25.4 Å². The average molecular weight is 312 g/mol. The molecule has 3 rings (SSSR count). The molecule has 0 saturated heterocycles. The number of esters is 1. The van der Waals surface area contributed by atoms with E-state index < -0.39 is 10.9 Å². The number of rotatable bonds is 4. The third kappa shape index (κ3) is 2.50. The first-order valence-corrected chi connectivity index (χ1v) is 6.85. The molecule has 0 spiro atoms. The van der Waals surface area contributed by atoms with Crippen LogP contribution in [-0.2, 0) is 4.74 Å². The molecule has 0 radical (unpaired) electrons. The molecule has 3 heterocycles. The van der Waals surface area contributed by atoms with Gasteiger partial charge in [0.2, 0.25) is 0 Å². The summed E-state index contributed by atoms with van der Waals surface area (Å²) >= 11 is 0. The van der Waals surface area contributed by atoms with Crippen molar-refractivity contribution in [3.63, 3.8) is 0 Å². The molecular weight excluding hydrogens is 300 g/mol. The largest absolute Gasteiger partial charge is 0.461 e. The zero-order chi connectivity index (χ0) is 16.4. The van der Waals surface area contributed by atoms with Gasteiger partial charge in [0.15, 0.2) is 0 Å². The zero-order valence-electron chi connectivity index (χ0n) is 12.1. The summed E-state index contributed by atoms with van der Waals surface area (Å²) < 4.78 is 5.04. The van der Waals surface area contributed by atoms with Crippen LogP contribution in [0.1, 0.15) is 17.4 Å². The maximum atomic E-state index is 12.2. The summed E-state index contributed by atoms with van der Waals surface area (Å²) in [5.74, 6) is -0.579. The lowest BCUT2D eigenvalue weighted by Crippen LogP contribution is -2.07. The number of fused-ring (bicyclic) bond motifs is 1. The number of H-pyrrole nitrogens is 1. The summed E-state index contributed by atoms with van der Waals surface area (Å²) in [6, 6.07) is 3.19. The summed E-state index contributed by atoms with van der Waals surface area (Å²) in [5.41, 5.74) is 1.28. The van der Waals surface area contributed by atoms with Crippen LogP contribution in [-0.4, -0.2) is 32.5 Å². The SMILES string of the molecule is CCOC(=O)c1[nH]c2cnccc2c1-c1ccncc1[N+](=O)[O-]. The molecule has 3 aromatic heterocycles.